The summed E-state index contributed by atoms with van der Waals surface area (Å²) in [7, 11) is 0. The first-order valence-corrected chi connectivity index (χ1v) is 17.0. The third-order valence-corrected chi connectivity index (χ3v) is 11.6. The number of hydrogen-bond donors (Lipinski definition) is 3. The van der Waals surface area contributed by atoms with Gasteiger partial charge in [-0.3, -0.25) is 14.5 Å². The number of aliphatic hydroxyl groups is 3. The van der Waals surface area contributed by atoms with E-state index in [2.05, 4.69) is 16.8 Å². The minimum absolute atomic E-state index is 0.0270. The average Bonchev–Trinajstić information content (AvgIpc) is 3.33. The first-order chi connectivity index (χ1) is 20.2. The Morgan fingerprint density at radius 3 is 2.47 bits per heavy atom. The molecule has 8 atom stereocenters. The van der Waals surface area contributed by atoms with Crippen molar-refractivity contribution in [3.8, 4) is 10.0 Å². The molecular formula is C32H47N3O6S2. The van der Waals surface area contributed by atoms with Crippen molar-refractivity contribution in [1.82, 2.24) is 14.9 Å². The number of esters is 1. The number of carbonyl (C=O) groups excluding carboxylic acids is 2. The molecule has 3 N–H and O–H groups in total. The molecule has 4 rings (SSSR count). The largest absolute Gasteiger partial charge is 0.458 e. The number of nitrogens with zero attached hydrogens (tertiary/aromatic N) is 3. The molecule has 0 aromatic carbocycles. The highest BCUT2D eigenvalue weighted by molar-refractivity contribution is 7.19. The van der Waals surface area contributed by atoms with Crippen LogP contribution in [0.2, 0.25) is 0 Å². The van der Waals surface area contributed by atoms with E-state index in [-0.39, 0.29) is 36.3 Å². The van der Waals surface area contributed by atoms with Crippen molar-refractivity contribution in [2.24, 2.45) is 17.3 Å². The van der Waals surface area contributed by atoms with Gasteiger partial charge in [-0.2, -0.15) is 0 Å². The van der Waals surface area contributed by atoms with Crippen molar-refractivity contribution >= 4 is 40.5 Å². The summed E-state index contributed by atoms with van der Waals surface area (Å²) in [4.78, 5) is 38.3. The van der Waals surface area contributed by atoms with E-state index in [4.69, 9.17) is 9.72 Å². The third-order valence-electron chi connectivity index (χ3n) is 9.62. The van der Waals surface area contributed by atoms with E-state index < -0.39 is 35.6 Å². The fourth-order valence-corrected chi connectivity index (χ4v) is 8.14. The lowest BCUT2D eigenvalue weighted by Gasteiger charge is -2.34. The van der Waals surface area contributed by atoms with Gasteiger partial charge in [0.1, 0.15) is 11.9 Å². The van der Waals surface area contributed by atoms with Gasteiger partial charge >= 0.3 is 5.97 Å². The predicted octanol–water partition coefficient (Wildman–Crippen LogP) is 4.88. The van der Waals surface area contributed by atoms with Crippen LogP contribution in [0, 0.1) is 24.2 Å². The van der Waals surface area contributed by atoms with Crippen molar-refractivity contribution in [1.29, 1.82) is 0 Å². The zero-order valence-electron chi connectivity index (χ0n) is 26.4. The van der Waals surface area contributed by atoms with Crippen LogP contribution in [-0.2, 0) is 14.3 Å². The number of aryl methyl sites for hydroxylation is 1. The molecule has 0 bridgehead atoms. The Labute approximate surface area is 263 Å². The Balaban J connectivity index is 1.63. The normalized spacial score (nSPS) is 34.5. The third kappa shape index (κ3) is 7.45. The van der Waals surface area contributed by atoms with Crippen molar-refractivity contribution in [2.45, 2.75) is 110 Å². The molecule has 2 fully saturated rings. The number of ketones is 1. The number of carbonyl (C=O) groups is 2. The van der Waals surface area contributed by atoms with Crippen molar-refractivity contribution in [2.75, 3.05) is 13.2 Å². The van der Waals surface area contributed by atoms with Gasteiger partial charge in [0.2, 0.25) is 0 Å². The van der Waals surface area contributed by atoms with Gasteiger partial charge in [0.05, 0.1) is 36.3 Å². The molecule has 0 radical (unpaired) electrons. The van der Waals surface area contributed by atoms with Crippen molar-refractivity contribution in [3.05, 3.63) is 27.7 Å². The Morgan fingerprint density at radius 2 is 1.81 bits per heavy atom. The van der Waals surface area contributed by atoms with Gasteiger partial charge in [-0.05, 0) is 51.2 Å². The van der Waals surface area contributed by atoms with Crippen LogP contribution < -0.4 is 0 Å². The average molecular weight is 634 g/mol. The molecule has 0 aliphatic carbocycles. The van der Waals surface area contributed by atoms with Gasteiger partial charge < -0.3 is 20.1 Å². The fourth-order valence-electron chi connectivity index (χ4n) is 6.52. The Morgan fingerprint density at radius 1 is 1.14 bits per heavy atom. The number of rotatable bonds is 5. The number of aliphatic hydroxyl groups excluding tert-OH is 3. The van der Waals surface area contributed by atoms with Crippen LogP contribution in [0.3, 0.4) is 0 Å². The first-order valence-electron chi connectivity index (χ1n) is 15.2. The number of cyclic esters (lactones) is 1. The van der Waals surface area contributed by atoms with E-state index in [1.54, 1.807) is 32.1 Å². The van der Waals surface area contributed by atoms with Crippen LogP contribution in [0.4, 0.5) is 0 Å². The highest BCUT2D eigenvalue weighted by Crippen LogP contribution is 2.48. The summed E-state index contributed by atoms with van der Waals surface area (Å²) >= 11 is 3.07. The smallest absolute Gasteiger partial charge is 0.309 e. The standard InChI is InChI=1S/C32H47N3O6S2/c1-18-9-8-10-32(7)24(35(32)11-12-36)14-23(19(2)13-22-17-43-30(34-22)29-33-20(3)16-42-29)41-26(38)15-25(37)31(5,6)28(40)21(4)27(18)39/h13,16-18,21,23-25,27,36-37,39H,8-12,14-15H2,1-7H3/b19-13+/t18-,21+,23-,24-,25-,27-,32+,35?/m0/s1. The molecule has 238 valence electrons. The second kappa shape index (κ2) is 13.5. The van der Waals surface area contributed by atoms with E-state index >= 15 is 0 Å². The monoisotopic (exact) mass is 633 g/mol. The van der Waals surface area contributed by atoms with Gasteiger partial charge in [-0.1, -0.05) is 34.1 Å². The molecular weight excluding hydrogens is 587 g/mol. The van der Waals surface area contributed by atoms with Crippen LogP contribution in [0.25, 0.3) is 16.1 Å². The number of thiazole rings is 2. The van der Waals surface area contributed by atoms with Gasteiger partial charge in [0.25, 0.3) is 0 Å². The van der Waals surface area contributed by atoms with Crippen LogP contribution in [0.15, 0.2) is 16.3 Å². The van der Waals surface area contributed by atoms with Crippen LogP contribution in [0.5, 0.6) is 0 Å². The molecule has 0 amide bonds. The first kappa shape index (κ1) is 33.9. The molecule has 1 unspecified atom stereocenters. The number of aromatic nitrogens is 2. The van der Waals surface area contributed by atoms with E-state index in [0.717, 1.165) is 46.2 Å². The van der Waals surface area contributed by atoms with Crippen molar-refractivity contribution in [3.63, 3.8) is 0 Å². The number of hydrogen-bond acceptors (Lipinski definition) is 11. The molecule has 43 heavy (non-hydrogen) atoms. The van der Waals surface area contributed by atoms with Gasteiger partial charge in [0, 0.05) is 46.9 Å². The maximum Gasteiger partial charge on any atom is 0.309 e. The molecule has 4 heterocycles. The van der Waals surface area contributed by atoms with Crippen molar-refractivity contribution < 1.29 is 29.6 Å². The zero-order valence-corrected chi connectivity index (χ0v) is 28.0. The lowest BCUT2D eigenvalue weighted by Crippen LogP contribution is -2.45. The van der Waals surface area contributed by atoms with Gasteiger partial charge in [0.15, 0.2) is 10.0 Å². The van der Waals surface area contributed by atoms with Gasteiger partial charge in [-0.15, -0.1) is 22.7 Å². The highest BCUT2D eigenvalue weighted by atomic mass is 32.1. The maximum absolute atomic E-state index is 13.4. The van der Waals surface area contributed by atoms with E-state index in [1.165, 1.54) is 11.3 Å². The van der Waals surface area contributed by atoms with Crippen LogP contribution in [-0.4, -0.2) is 85.0 Å². The molecule has 9 nitrogen and oxygen atoms in total. The van der Waals surface area contributed by atoms with E-state index in [9.17, 15) is 24.9 Å². The number of fused-ring (bicyclic) bond motifs is 1. The molecule has 0 saturated carbocycles. The maximum atomic E-state index is 13.4. The van der Waals surface area contributed by atoms with E-state index in [0.29, 0.717) is 13.0 Å². The summed E-state index contributed by atoms with van der Waals surface area (Å²) in [6.07, 6.45) is 1.87. The predicted molar refractivity (Wildman–Crippen MR) is 170 cm³/mol. The zero-order chi connectivity index (χ0) is 31.7. The summed E-state index contributed by atoms with van der Waals surface area (Å²) in [6.45, 7) is 13.5. The Bertz CT molecular complexity index is 1320. The highest BCUT2D eigenvalue weighted by Gasteiger charge is 2.58. The molecule has 2 aliphatic heterocycles. The molecule has 2 aliphatic rings. The van der Waals surface area contributed by atoms with E-state index in [1.807, 2.05) is 37.6 Å². The molecule has 2 aromatic heterocycles. The Hall–Kier alpha value is -2.02. The lowest BCUT2D eigenvalue weighted by molar-refractivity contribution is -0.154. The number of ether oxygens (including phenoxy) is 1. The quantitative estimate of drug-likeness (QED) is 0.311. The summed E-state index contributed by atoms with van der Waals surface area (Å²) in [5.74, 6) is -1.66. The summed E-state index contributed by atoms with van der Waals surface area (Å²) in [5.41, 5.74) is 1.11. The minimum atomic E-state index is -1.27. The van der Waals surface area contributed by atoms with Crippen LogP contribution in [0.1, 0.15) is 85.0 Å². The van der Waals surface area contributed by atoms with Crippen LogP contribution >= 0.6 is 22.7 Å². The lowest BCUT2D eigenvalue weighted by atomic mass is 9.73. The molecule has 0 spiro atoms. The molecule has 11 heteroatoms. The topological polar surface area (TPSA) is 133 Å². The summed E-state index contributed by atoms with van der Waals surface area (Å²) in [5, 5.41) is 37.5. The molecule has 2 aromatic rings. The number of Topliss-reactive ketones (excluding diaryl/α,β-unsaturated/α-hetero) is 1. The van der Waals surface area contributed by atoms with Gasteiger partial charge in [-0.25, -0.2) is 9.97 Å². The summed E-state index contributed by atoms with van der Waals surface area (Å²) < 4.78 is 6.06. The minimum Gasteiger partial charge on any atom is -0.458 e. The molecule has 2 saturated heterocycles. The fraction of sp³-hybridized carbons (Fsp3) is 0.688. The second-order valence-electron chi connectivity index (χ2n) is 13.2. The second-order valence-corrected chi connectivity index (χ2v) is 14.9. The SMILES string of the molecule is C/C(=C\c1csc(-c2nc(C)cs2)n1)[C@@H]1C[C@@H]2N(CCO)[C@]2(C)CCC[C@H](C)[C@H](O)[C@@H](C)C(=O)C(C)(C)[C@@H](O)CC(=O)O1. The number of β-amino-alcohol motifs (C(OH)–C–C–N with tert-alkyl or cyclic N) is 1. The summed E-state index contributed by atoms with van der Waals surface area (Å²) in [6, 6.07) is 0.0834. The Kier molecular flexibility index (Phi) is 10.7.